The maximum absolute atomic E-state index is 13.4. The first-order valence-electron chi connectivity index (χ1n) is 7.24. The van der Waals surface area contributed by atoms with Crippen LogP contribution in [0.2, 0.25) is 0 Å². The van der Waals surface area contributed by atoms with Gasteiger partial charge in [-0.3, -0.25) is 19.5 Å². The van der Waals surface area contributed by atoms with E-state index in [-0.39, 0.29) is 16.3 Å². The molecule has 0 atom stereocenters. The molecule has 0 bridgehead atoms. The third-order valence-corrected chi connectivity index (χ3v) is 4.42. The average molecular weight is 357 g/mol. The van der Waals surface area contributed by atoms with Gasteiger partial charge in [0, 0.05) is 30.3 Å². The van der Waals surface area contributed by atoms with Crippen molar-refractivity contribution in [3.63, 3.8) is 0 Å². The standard InChI is InChI=1S/C17H12FN3O3S/c18-13-4-2-5-14(10-13)20-8-7-19-16(17(20)22)25-11-12-3-1-6-15(9-12)21(23)24/h1-10H,11H2. The first-order valence-corrected chi connectivity index (χ1v) is 8.23. The number of nitro groups is 1. The molecule has 3 rings (SSSR count). The zero-order valence-corrected chi connectivity index (χ0v) is 13.6. The predicted octanol–water partition coefficient (Wildman–Crippen LogP) is 3.57. The molecule has 0 aliphatic heterocycles. The van der Waals surface area contributed by atoms with Gasteiger partial charge in [0.2, 0.25) is 0 Å². The Kier molecular flexibility index (Phi) is 4.90. The van der Waals surface area contributed by atoms with Crippen LogP contribution in [-0.4, -0.2) is 14.5 Å². The Balaban J connectivity index is 1.85. The van der Waals surface area contributed by atoms with Crippen LogP contribution in [0.15, 0.2) is 70.7 Å². The molecule has 0 saturated carbocycles. The molecule has 0 spiro atoms. The van der Waals surface area contributed by atoms with Crippen molar-refractivity contribution in [1.82, 2.24) is 9.55 Å². The molecular formula is C17H12FN3O3S. The van der Waals surface area contributed by atoms with Gasteiger partial charge in [-0.15, -0.1) is 0 Å². The number of thioether (sulfide) groups is 1. The van der Waals surface area contributed by atoms with Crippen LogP contribution in [-0.2, 0) is 5.75 Å². The second-order valence-corrected chi connectivity index (χ2v) is 6.07. The molecule has 0 amide bonds. The molecule has 6 nitrogen and oxygen atoms in total. The fraction of sp³-hybridized carbons (Fsp3) is 0.0588. The number of nitrogens with zero attached hydrogens (tertiary/aromatic N) is 3. The van der Waals surface area contributed by atoms with E-state index in [4.69, 9.17) is 0 Å². The van der Waals surface area contributed by atoms with E-state index >= 15 is 0 Å². The van der Waals surface area contributed by atoms with E-state index < -0.39 is 10.7 Å². The summed E-state index contributed by atoms with van der Waals surface area (Å²) in [5, 5.41) is 11.0. The van der Waals surface area contributed by atoms with Gasteiger partial charge >= 0.3 is 0 Å². The average Bonchev–Trinajstić information content (AvgIpc) is 2.61. The SMILES string of the molecule is O=c1c(SCc2cccc([N+](=O)[O-])c2)nccn1-c1cccc(F)c1. The highest BCUT2D eigenvalue weighted by Gasteiger charge is 2.10. The minimum Gasteiger partial charge on any atom is -0.280 e. The second-order valence-electron chi connectivity index (χ2n) is 5.10. The van der Waals surface area contributed by atoms with Gasteiger partial charge in [0.15, 0.2) is 5.03 Å². The van der Waals surface area contributed by atoms with Crippen LogP contribution in [0, 0.1) is 15.9 Å². The number of nitro benzene ring substituents is 1. The maximum Gasteiger partial charge on any atom is 0.287 e. The maximum atomic E-state index is 13.4. The summed E-state index contributed by atoms with van der Waals surface area (Å²) in [6.07, 6.45) is 2.93. The summed E-state index contributed by atoms with van der Waals surface area (Å²) in [5.74, 6) is -0.0797. The number of rotatable bonds is 5. The monoisotopic (exact) mass is 357 g/mol. The minimum atomic E-state index is -0.466. The third kappa shape index (κ3) is 3.92. The Labute approximate surface area is 146 Å². The number of aromatic nitrogens is 2. The summed E-state index contributed by atoms with van der Waals surface area (Å²) < 4.78 is 14.7. The molecule has 0 unspecified atom stereocenters. The Morgan fingerprint density at radius 3 is 2.76 bits per heavy atom. The summed E-state index contributed by atoms with van der Waals surface area (Å²) in [6, 6.07) is 11.9. The van der Waals surface area contributed by atoms with E-state index in [9.17, 15) is 19.3 Å². The van der Waals surface area contributed by atoms with E-state index in [0.29, 0.717) is 17.0 Å². The Bertz CT molecular complexity index is 991. The van der Waals surface area contributed by atoms with Gasteiger partial charge in [-0.1, -0.05) is 30.0 Å². The van der Waals surface area contributed by atoms with Crippen molar-refractivity contribution in [2.45, 2.75) is 10.8 Å². The summed E-state index contributed by atoms with van der Waals surface area (Å²) in [7, 11) is 0. The molecule has 2 aromatic carbocycles. The van der Waals surface area contributed by atoms with Crippen LogP contribution in [0.5, 0.6) is 0 Å². The molecule has 126 valence electrons. The second kappa shape index (κ2) is 7.27. The highest BCUT2D eigenvalue weighted by molar-refractivity contribution is 7.98. The predicted molar refractivity (Wildman–Crippen MR) is 92.4 cm³/mol. The van der Waals surface area contributed by atoms with Crippen molar-refractivity contribution < 1.29 is 9.31 Å². The van der Waals surface area contributed by atoms with Gasteiger partial charge in [-0.05, 0) is 23.8 Å². The largest absolute Gasteiger partial charge is 0.287 e. The van der Waals surface area contributed by atoms with E-state index in [1.807, 2.05) is 0 Å². The van der Waals surface area contributed by atoms with Crippen LogP contribution in [0.1, 0.15) is 5.56 Å². The van der Waals surface area contributed by atoms with Crippen LogP contribution >= 0.6 is 11.8 Å². The molecule has 0 N–H and O–H groups in total. The lowest BCUT2D eigenvalue weighted by Gasteiger charge is -2.07. The first-order chi connectivity index (χ1) is 12.0. The molecule has 25 heavy (non-hydrogen) atoms. The van der Waals surface area contributed by atoms with Crippen LogP contribution in [0.4, 0.5) is 10.1 Å². The number of hydrogen-bond donors (Lipinski definition) is 0. The van der Waals surface area contributed by atoms with Gasteiger partial charge in [-0.2, -0.15) is 0 Å². The quantitative estimate of drug-likeness (QED) is 0.396. The molecule has 3 aromatic rings. The number of halogens is 1. The Morgan fingerprint density at radius 2 is 2.00 bits per heavy atom. The molecule has 0 fully saturated rings. The highest BCUT2D eigenvalue weighted by Crippen LogP contribution is 2.21. The fourth-order valence-electron chi connectivity index (χ4n) is 2.23. The van der Waals surface area contributed by atoms with Crippen LogP contribution < -0.4 is 5.56 Å². The summed E-state index contributed by atoms with van der Waals surface area (Å²) >= 11 is 1.17. The zero-order valence-electron chi connectivity index (χ0n) is 12.8. The molecule has 0 saturated heterocycles. The molecule has 1 heterocycles. The summed E-state index contributed by atoms with van der Waals surface area (Å²) in [4.78, 5) is 26.9. The summed E-state index contributed by atoms with van der Waals surface area (Å²) in [6.45, 7) is 0. The van der Waals surface area contributed by atoms with Gasteiger partial charge in [0.1, 0.15) is 5.82 Å². The molecule has 1 aromatic heterocycles. The zero-order chi connectivity index (χ0) is 17.8. The number of hydrogen-bond acceptors (Lipinski definition) is 5. The van der Waals surface area contributed by atoms with E-state index in [2.05, 4.69) is 4.98 Å². The third-order valence-electron chi connectivity index (χ3n) is 3.39. The Morgan fingerprint density at radius 1 is 1.20 bits per heavy atom. The van der Waals surface area contributed by atoms with Crippen molar-refractivity contribution >= 4 is 17.4 Å². The number of benzene rings is 2. The van der Waals surface area contributed by atoms with E-state index in [0.717, 1.165) is 0 Å². The van der Waals surface area contributed by atoms with E-state index in [1.165, 1.54) is 59.1 Å². The van der Waals surface area contributed by atoms with Gasteiger partial charge in [0.05, 0.1) is 10.6 Å². The normalized spacial score (nSPS) is 10.6. The van der Waals surface area contributed by atoms with Crippen molar-refractivity contribution in [2.24, 2.45) is 0 Å². The van der Waals surface area contributed by atoms with Crippen LogP contribution in [0.25, 0.3) is 5.69 Å². The molecule has 0 radical (unpaired) electrons. The van der Waals surface area contributed by atoms with Crippen molar-refractivity contribution in [1.29, 1.82) is 0 Å². The highest BCUT2D eigenvalue weighted by atomic mass is 32.2. The first kappa shape index (κ1) is 16.8. The Hall–Kier alpha value is -3.00. The molecule has 0 aliphatic carbocycles. The molecule has 0 aliphatic rings. The molecule has 8 heteroatoms. The fourth-order valence-corrected chi connectivity index (χ4v) is 3.07. The summed E-state index contributed by atoms with van der Waals surface area (Å²) in [5.41, 5.74) is 0.742. The topological polar surface area (TPSA) is 78.0 Å². The molecular weight excluding hydrogens is 345 g/mol. The van der Waals surface area contributed by atoms with Crippen LogP contribution in [0.3, 0.4) is 0 Å². The van der Waals surface area contributed by atoms with Gasteiger partial charge in [-0.25, -0.2) is 9.37 Å². The van der Waals surface area contributed by atoms with Crippen molar-refractivity contribution in [2.75, 3.05) is 0 Å². The van der Waals surface area contributed by atoms with E-state index in [1.54, 1.807) is 18.2 Å². The van der Waals surface area contributed by atoms with Crippen molar-refractivity contribution in [3.05, 3.63) is 92.8 Å². The van der Waals surface area contributed by atoms with Crippen molar-refractivity contribution in [3.8, 4) is 5.69 Å². The van der Waals surface area contributed by atoms with Gasteiger partial charge < -0.3 is 0 Å². The lowest BCUT2D eigenvalue weighted by molar-refractivity contribution is -0.384. The smallest absolute Gasteiger partial charge is 0.280 e. The number of non-ortho nitro benzene ring substituents is 1. The lowest BCUT2D eigenvalue weighted by Crippen LogP contribution is -2.20. The minimum absolute atomic E-state index is 0.00343. The van der Waals surface area contributed by atoms with Gasteiger partial charge in [0.25, 0.3) is 11.2 Å². The lowest BCUT2D eigenvalue weighted by atomic mass is 10.2.